The third-order valence-electron chi connectivity index (χ3n) is 12.7. The predicted octanol–water partition coefficient (Wildman–Crippen LogP) is 15.2. The van der Waals surface area contributed by atoms with Crippen molar-refractivity contribution in [1.82, 2.24) is 50.0 Å². The number of carbonyl (C=O) groups excluding carboxylic acids is 6. The maximum atomic E-state index is 13.6. The number of imide groups is 2. The Balaban J connectivity index is 0.000000278. The lowest BCUT2D eigenvalue weighted by atomic mass is 10.1. The van der Waals surface area contributed by atoms with E-state index in [1.807, 2.05) is 48.5 Å². The van der Waals surface area contributed by atoms with Crippen LogP contribution in [0.3, 0.4) is 0 Å². The number of aromatic amines is 2. The van der Waals surface area contributed by atoms with E-state index < -0.39 is 70.2 Å². The molecule has 8 rings (SSSR count). The summed E-state index contributed by atoms with van der Waals surface area (Å²) >= 11 is 3.23. The normalized spacial score (nSPS) is 11.9. The van der Waals surface area contributed by atoms with Gasteiger partial charge in [-0.25, -0.2) is 48.7 Å². The molecule has 0 saturated heterocycles. The first kappa shape index (κ1) is 75.8. The topological polar surface area (TPSA) is 340 Å². The van der Waals surface area contributed by atoms with Crippen LogP contribution in [0.4, 0.5) is 40.4 Å². The molecule has 0 radical (unpaired) electrons. The Morgan fingerprint density at radius 3 is 1.07 bits per heavy atom. The molecule has 526 valence electrons. The van der Waals surface area contributed by atoms with Crippen LogP contribution in [-0.2, 0) is 41.5 Å². The quantitative estimate of drug-likeness (QED) is 0.107. The van der Waals surface area contributed by atoms with E-state index in [-0.39, 0.29) is 55.8 Å². The summed E-state index contributed by atoms with van der Waals surface area (Å²) in [6, 6.07) is 22.3. The number of H-pyrrole nitrogens is 2. The molecule has 0 aliphatic rings. The first-order valence-electron chi connectivity index (χ1n) is 31.1. The first-order valence-corrected chi connectivity index (χ1v) is 31.9. The average Bonchev–Trinajstić information content (AvgIpc) is 1.76. The highest BCUT2D eigenvalue weighted by Crippen LogP contribution is 2.37. The standard InChI is InChI=1S/C35H41BrN6O8.C35H42N6O8/c1-33(2,3)47-30(44)41(10)19-20-11-13-21(14-12-20)24-16-26(50-40-24)27-28(37-18-25(39-27)22-15-23(36)29(43)38-17-22)42(31(45)48-34(4,5)6)32(46)49-35(7,8)9;1-33(2,3)46-30(43)40(10)20-21-11-13-22(14-12-21)24-17-26(49-39-24)28-29(37-19-25(38-28)23-15-16-27(42)36-18-23)41(31(44)47-34(4,5)6)32(45)48-35(7,8)9/h11-18H,19H2,1-10H3,(H,38,43);11-19H,20H2,1-10H3,(H,36,42). The maximum absolute atomic E-state index is 13.6. The second kappa shape index (κ2) is 30.0. The lowest BCUT2D eigenvalue weighted by Gasteiger charge is -2.28. The highest BCUT2D eigenvalue weighted by Gasteiger charge is 2.39. The second-order valence-electron chi connectivity index (χ2n) is 28.7. The number of hydrogen-bond donors (Lipinski definition) is 2. The van der Waals surface area contributed by atoms with Gasteiger partial charge in [0, 0.05) is 80.0 Å². The number of anilines is 2. The van der Waals surface area contributed by atoms with Crippen molar-refractivity contribution in [3.8, 4) is 67.9 Å². The molecular weight excluding hydrogens is 1340 g/mol. The van der Waals surface area contributed by atoms with Crippen LogP contribution in [0.2, 0.25) is 0 Å². The van der Waals surface area contributed by atoms with Crippen LogP contribution in [0.1, 0.15) is 136 Å². The van der Waals surface area contributed by atoms with Crippen LogP contribution < -0.4 is 20.9 Å². The molecule has 2 aromatic carbocycles. The molecule has 29 heteroatoms. The molecule has 6 aromatic heterocycles. The fourth-order valence-corrected chi connectivity index (χ4v) is 8.93. The van der Waals surface area contributed by atoms with E-state index in [1.165, 1.54) is 40.7 Å². The Morgan fingerprint density at radius 1 is 0.424 bits per heavy atom. The maximum Gasteiger partial charge on any atom is 0.425 e. The van der Waals surface area contributed by atoms with Gasteiger partial charge in [-0.3, -0.25) is 9.59 Å². The SMILES string of the molecule is CN(Cc1ccc(-c2cc(-c3nc(-c4c[nH]c(=O)c(Br)c4)cnc3N(C(=O)OC(C)(C)C)C(=O)OC(C)(C)C)on2)cc1)C(=O)OC(C)(C)C.CN(Cc1ccc(-c2cc(-c3nc(-c4ccc(=O)[nH]c4)cnc3N(C(=O)OC(C)(C)C)C(=O)OC(C)(C)C)on2)cc1)C(=O)OC(C)(C)C. The molecular formula is C70H83BrN12O16. The summed E-state index contributed by atoms with van der Waals surface area (Å²) in [4.78, 5) is 131. The molecule has 8 aromatic rings. The Labute approximate surface area is 580 Å². The summed E-state index contributed by atoms with van der Waals surface area (Å²) < 4.78 is 44.9. The second-order valence-corrected chi connectivity index (χ2v) is 29.5. The zero-order valence-corrected chi connectivity index (χ0v) is 60.7. The van der Waals surface area contributed by atoms with Gasteiger partial charge < -0.3 is 57.2 Å². The smallest absolute Gasteiger partial charge is 0.425 e. The van der Waals surface area contributed by atoms with Crippen molar-refractivity contribution in [2.45, 2.75) is 171 Å². The Hall–Kier alpha value is -10.6. The Kier molecular flexibility index (Phi) is 23.0. The fraction of sp³-hybridized carbons (Fsp3) is 0.400. The van der Waals surface area contributed by atoms with Crippen molar-refractivity contribution in [2.24, 2.45) is 0 Å². The monoisotopic (exact) mass is 1430 g/mol. The fourth-order valence-electron chi connectivity index (χ4n) is 8.56. The molecule has 0 unspecified atom stereocenters. The Morgan fingerprint density at radius 2 is 0.747 bits per heavy atom. The minimum Gasteiger partial charge on any atom is -0.444 e. The minimum atomic E-state index is -1.05. The van der Waals surface area contributed by atoms with Crippen molar-refractivity contribution < 1.29 is 66.2 Å². The minimum absolute atomic E-state index is 0.0187. The van der Waals surface area contributed by atoms with Crippen molar-refractivity contribution in [3.63, 3.8) is 0 Å². The molecule has 99 heavy (non-hydrogen) atoms. The van der Waals surface area contributed by atoms with E-state index in [2.05, 4.69) is 46.2 Å². The summed E-state index contributed by atoms with van der Waals surface area (Å²) in [5, 5.41) is 8.45. The molecule has 2 N–H and O–H groups in total. The van der Waals surface area contributed by atoms with Crippen molar-refractivity contribution >= 4 is 64.1 Å². The number of amides is 6. The number of aromatic nitrogens is 8. The molecule has 0 fully saturated rings. The van der Waals surface area contributed by atoms with Crippen molar-refractivity contribution in [1.29, 1.82) is 0 Å². The van der Waals surface area contributed by atoms with Crippen molar-refractivity contribution in [3.05, 3.63) is 140 Å². The van der Waals surface area contributed by atoms with Gasteiger partial charge in [-0.15, -0.1) is 0 Å². The van der Waals surface area contributed by atoms with E-state index in [1.54, 1.807) is 163 Å². The van der Waals surface area contributed by atoms with Gasteiger partial charge in [-0.05, 0) is 164 Å². The van der Waals surface area contributed by atoms with E-state index in [4.69, 9.17) is 47.4 Å². The molecule has 0 spiro atoms. The van der Waals surface area contributed by atoms with Crippen molar-refractivity contribution in [2.75, 3.05) is 23.9 Å². The third kappa shape index (κ3) is 22.0. The van der Waals surface area contributed by atoms with Gasteiger partial charge in [0.2, 0.25) is 5.56 Å². The number of benzene rings is 2. The molecule has 6 heterocycles. The Bertz CT molecular complexity index is 4290. The number of hydrogen-bond acceptors (Lipinski definition) is 22. The summed E-state index contributed by atoms with van der Waals surface area (Å²) in [5.74, 6) is -0.308. The van der Waals surface area contributed by atoms with E-state index in [0.29, 0.717) is 62.2 Å². The molecule has 0 saturated carbocycles. The van der Waals surface area contributed by atoms with Crippen LogP contribution >= 0.6 is 15.9 Å². The number of nitrogens with one attached hydrogen (secondary N) is 2. The number of nitrogens with zero attached hydrogens (tertiary/aromatic N) is 10. The number of halogens is 1. The van der Waals surface area contributed by atoms with Gasteiger partial charge in [0.05, 0.1) is 28.3 Å². The van der Waals surface area contributed by atoms with E-state index in [0.717, 1.165) is 11.1 Å². The molecule has 0 bridgehead atoms. The summed E-state index contributed by atoms with van der Waals surface area (Å²) in [6.07, 6.45) is 0.539. The van der Waals surface area contributed by atoms with Crippen LogP contribution in [0, 0.1) is 0 Å². The zero-order valence-electron chi connectivity index (χ0n) is 59.1. The molecule has 0 aliphatic heterocycles. The highest BCUT2D eigenvalue weighted by molar-refractivity contribution is 9.10. The van der Waals surface area contributed by atoms with Gasteiger partial charge in [0.25, 0.3) is 5.56 Å². The third-order valence-corrected chi connectivity index (χ3v) is 13.3. The molecule has 28 nitrogen and oxygen atoms in total. The lowest BCUT2D eigenvalue weighted by molar-refractivity contribution is 0.0275. The number of carbonyl (C=O) groups is 6. The van der Waals surface area contributed by atoms with Gasteiger partial charge in [0.15, 0.2) is 34.5 Å². The number of pyridine rings is 2. The first-order chi connectivity index (χ1) is 45.8. The van der Waals surface area contributed by atoms with Gasteiger partial charge in [-0.2, -0.15) is 9.80 Å². The predicted molar refractivity (Wildman–Crippen MR) is 371 cm³/mol. The van der Waals surface area contributed by atoms with Gasteiger partial charge in [-0.1, -0.05) is 58.8 Å². The van der Waals surface area contributed by atoms with E-state index >= 15 is 0 Å². The number of rotatable bonds is 12. The lowest BCUT2D eigenvalue weighted by Crippen LogP contribution is -2.44. The van der Waals surface area contributed by atoms with Crippen LogP contribution in [0.25, 0.3) is 67.9 Å². The van der Waals surface area contributed by atoms with E-state index in [9.17, 15) is 38.4 Å². The zero-order chi connectivity index (χ0) is 73.5. The van der Waals surface area contributed by atoms with Gasteiger partial charge in [0.1, 0.15) is 45.0 Å². The van der Waals surface area contributed by atoms with Crippen LogP contribution in [-0.4, -0.2) is 134 Å². The molecule has 0 aliphatic carbocycles. The van der Waals surface area contributed by atoms with Crippen LogP contribution in [0.15, 0.2) is 127 Å². The highest BCUT2D eigenvalue weighted by atomic mass is 79.9. The summed E-state index contributed by atoms with van der Waals surface area (Å²) in [6.45, 7) is 31.4. The largest absolute Gasteiger partial charge is 0.444 e. The average molecular weight is 1430 g/mol. The summed E-state index contributed by atoms with van der Waals surface area (Å²) in [5.41, 5.74) is -0.329. The van der Waals surface area contributed by atoms with Crippen LogP contribution in [0.5, 0.6) is 0 Å². The number of ether oxygens (including phenoxy) is 6. The summed E-state index contributed by atoms with van der Waals surface area (Å²) in [7, 11) is 3.31. The molecule has 6 amide bonds. The molecule has 0 atom stereocenters. The van der Waals surface area contributed by atoms with Gasteiger partial charge >= 0.3 is 36.6 Å².